The van der Waals surface area contributed by atoms with Crippen LogP contribution in [0.25, 0.3) is 0 Å². The lowest BCUT2D eigenvalue weighted by atomic mass is 10.3. The van der Waals surface area contributed by atoms with Gasteiger partial charge in [-0.1, -0.05) is 48.0 Å². The number of amides is 2. The number of ketones is 2. The van der Waals surface area contributed by atoms with E-state index in [-0.39, 0.29) is 29.5 Å². The van der Waals surface area contributed by atoms with Gasteiger partial charge in [0.15, 0.2) is 0 Å². The number of esters is 2. The Morgan fingerprint density at radius 1 is 0.594 bits per heavy atom. The van der Waals surface area contributed by atoms with Gasteiger partial charge in [0.25, 0.3) is 0 Å². The summed E-state index contributed by atoms with van der Waals surface area (Å²) in [7, 11) is 2.73. The van der Waals surface area contributed by atoms with E-state index in [1.807, 2.05) is 26.1 Å². The van der Waals surface area contributed by atoms with Crippen molar-refractivity contribution in [3.8, 4) is 0 Å². The molecule has 0 atom stereocenters. The Morgan fingerprint density at radius 3 is 0.875 bits per heavy atom. The minimum atomic E-state index is -0.312. The SMILES string of the molecule is CC(=O)NC(C)=O.CCC.CCC(=O)CC.CCC(=O)OC.CCC(C)=O.COC(C)=O. The maximum absolute atomic E-state index is 10.2. The number of ether oxygens (including phenoxy) is 2. The molecule has 32 heavy (non-hydrogen) atoms. The highest BCUT2D eigenvalue weighted by molar-refractivity contribution is 5.92. The van der Waals surface area contributed by atoms with E-state index in [1.54, 1.807) is 13.8 Å². The lowest BCUT2D eigenvalue weighted by Gasteiger charge is -1.88. The average molecular weight is 466 g/mol. The van der Waals surface area contributed by atoms with E-state index in [1.165, 1.54) is 41.4 Å². The predicted octanol–water partition coefficient (Wildman–Crippen LogP) is 4.19. The third-order valence-electron chi connectivity index (χ3n) is 2.44. The summed E-state index contributed by atoms with van der Waals surface area (Å²) in [5.74, 6) is -0.431. The number of carbonyl (C=O) groups excluding carboxylic acids is 6. The molecule has 0 unspecified atom stereocenters. The maximum atomic E-state index is 10.2. The zero-order valence-corrected chi connectivity index (χ0v) is 22.3. The molecule has 0 aromatic rings. The van der Waals surface area contributed by atoms with E-state index >= 15 is 0 Å². The molecule has 1 N–H and O–H groups in total. The lowest BCUT2D eigenvalue weighted by molar-refractivity contribution is -0.140. The molecule has 9 heteroatoms. The number of hydrogen-bond donors (Lipinski definition) is 1. The molecule has 0 aromatic heterocycles. The van der Waals surface area contributed by atoms with Gasteiger partial charge in [0.05, 0.1) is 14.2 Å². The normalized spacial score (nSPS) is 7.50. The smallest absolute Gasteiger partial charge is 0.305 e. The van der Waals surface area contributed by atoms with E-state index in [9.17, 15) is 28.8 Å². The van der Waals surface area contributed by atoms with E-state index in [0.29, 0.717) is 31.5 Å². The second-order valence-corrected chi connectivity index (χ2v) is 5.87. The minimum absolute atomic E-state index is 0.157. The van der Waals surface area contributed by atoms with Crippen molar-refractivity contribution in [3.63, 3.8) is 0 Å². The van der Waals surface area contributed by atoms with Gasteiger partial charge in [-0.3, -0.25) is 29.3 Å². The molecule has 0 aliphatic carbocycles. The Bertz CT molecular complexity index is 434. The van der Waals surface area contributed by atoms with Gasteiger partial charge < -0.3 is 14.3 Å². The van der Waals surface area contributed by atoms with Gasteiger partial charge in [-0.15, -0.1) is 0 Å². The Morgan fingerprint density at radius 2 is 0.875 bits per heavy atom. The van der Waals surface area contributed by atoms with Crippen molar-refractivity contribution in [1.29, 1.82) is 0 Å². The topological polar surface area (TPSA) is 133 Å². The largest absolute Gasteiger partial charge is 0.469 e. The van der Waals surface area contributed by atoms with Gasteiger partial charge >= 0.3 is 11.9 Å². The van der Waals surface area contributed by atoms with Crippen LogP contribution >= 0.6 is 0 Å². The fraction of sp³-hybridized carbons (Fsp3) is 0.739. The Kier molecular flexibility index (Phi) is 52.7. The number of nitrogens with one attached hydrogen (secondary N) is 1. The van der Waals surface area contributed by atoms with Crippen LogP contribution in [0.4, 0.5) is 0 Å². The monoisotopic (exact) mass is 465 g/mol. The highest BCUT2D eigenvalue weighted by atomic mass is 16.5. The van der Waals surface area contributed by atoms with E-state index in [2.05, 4.69) is 23.3 Å². The molecule has 0 fully saturated rings. The van der Waals surface area contributed by atoms with Gasteiger partial charge in [0.2, 0.25) is 11.8 Å². The van der Waals surface area contributed by atoms with Crippen LogP contribution in [-0.2, 0) is 38.2 Å². The number of imide groups is 1. The summed E-state index contributed by atoms with van der Waals surface area (Å²) < 4.78 is 8.37. The molecule has 2 amide bonds. The molecule has 0 heterocycles. The molecule has 0 saturated heterocycles. The van der Waals surface area contributed by atoms with Gasteiger partial charge in [-0.05, 0) is 6.92 Å². The van der Waals surface area contributed by atoms with Crippen molar-refractivity contribution in [2.75, 3.05) is 14.2 Å². The van der Waals surface area contributed by atoms with Gasteiger partial charge in [0, 0.05) is 46.5 Å². The van der Waals surface area contributed by atoms with Crippen molar-refractivity contribution >= 4 is 35.3 Å². The number of rotatable bonds is 4. The lowest BCUT2D eigenvalue weighted by Crippen LogP contribution is -2.24. The highest BCUT2D eigenvalue weighted by Gasteiger charge is 1.90. The first kappa shape index (κ1) is 43.3. The fourth-order valence-corrected chi connectivity index (χ4v) is 0.642. The van der Waals surface area contributed by atoms with E-state index in [4.69, 9.17) is 0 Å². The van der Waals surface area contributed by atoms with Crippen LogP contribution in [0.1, 0.15) is 101 Å². The van der Waals surface area contributed by atoms with Crippen LogP contribution in [0.3, 0.4) is 0 Å². The molecule has 0 saturated carbocycles. The summed E-state index contributed by atoms with van der Waals surface area (Å²) in [5, 5.41) is 2.03. The maximum Gasteiger partial charge on any atom is 0.305 e. The molecular formula is C23H47NO8. The van der Waals surface area contributed by atoms with Crippen LogP contribution in [0, 0.1) is 0 Å². The van der Waals surface area contributed by atoms with E-state index in [0.717, 1.165) is 0 Å². The number of hydrogen-bond acceptors (Lipinski definition) is 8. The molecular weight excluding hydrogens is 418 g/mol. The summed E-state index contributed by atoms with van der Waals surface area (Å²) in [5.41, 5.74) is 0. The molecule has 192 valence electrons. The second-order valence-electron chi connectivity index (χ2n) is 5.87. The third kappa shape index (κ3) is 106. The molecule has 0 aromatic carbocycles. The fourth-order valence-electron chi connectivity index (χ4n) is 0.642. The summed E-state index contributed by atoms with van der Waals surface area (Å²) in [4.78, 5) is 59.4. The van der Waals surface area contributed by atoms with Gasteiger partial charge in [0.1, 0.15) is 11.6 Å². The first-order valence-corrected chi connectivity index (χ1v) is 10.6. The van der Waals surface area contributed by atoms with Gasteiger partial charge in [-0.25, -0.2) is 0 Å². The minimum Gasteiger partial charge on any atom is -0.469 e. The number of carbonyl (C=O) groups is 6. The van der Waals surface area contributed by atoms with Crippen molar-refractivity contribution < 1.29 is 38.2 Å². The average Bonchev–Trinajstić information content (AvgIpc) is 2.73. The molecule has 0 spiro atoms. The summed E-state index contributed by atoms with van der Waals surface area (Å²) in [6, 6.07) is 0. The Hall–Kier alpha value is -2.58. The first-order valence-electron chi connectivity index (χ1n) is 10.6. The summed E-state index contributed by atoms with van der Waals surface area (Å²) in [6.07, 6.45) is 3.77. The second kappa shape index (κ2) is 39.0. The molecule has 0 aliphatic rings. The van der Waals surface area contributed by atoms with Crippen molar-refractivity contribution in [3.05, 3.63) is 0 Å². The molecule has 9 nitrogen and oxygen atoms in total. The van der Waals surface area contributed by atoms with Crippen LogP contribution in [0.15, 0.2) is 0 Å². The summed E-state index contributed by atoms with van der Waals surface area (Å²) >= 11 is 0. The van der Waals surface area contributed by atoms with Gasteiger partial charge in [-0.2, -0.15) is 0 Å². The quantitative estimate of drug-likeness (QED) is 0.611. The van der Waals surface area contributed by atoms with Crippen LogP contribution in [-0.4, -0.2) is 49.5 Å². The molecule has 0 radical (unpaired) electrons. The van der Waals surface area contributed by atoms with Crippen molar-refractivity contribution in [2.24, 2.45) is 0 Å². The zero-order valence-electron chi connectivity index (χ0n) is 22.3. The number of Topliss-reactive ketones (excluding diaryl/α,β-unsaturated/α-hetero) is 2. The summed E-state index contributed by atoms with van der Waals surface area (Å²) in [6.45, 7) is 17.1. The molecule has 0 aliphatic heterocycles. The first-order chi connectivity index (χ1) is 14.7. The van der Waals surface area contributed by atoms with E-state index < -0.39 is 0 Å². The molecule has 0 rings (SSSR count). The Labute approximate surface area is 195 Å². The third-order valence-corrected chi connectivity index (χ3v) is 2.44. The Balaban J connectivity index is -0.0000000643. The van der Waals surface area contributed by atoms with Crippen molar-refractivity contribution in [1.82, 2.24) is 5.32 Å². The van der Waals surface area contributed by atoms with Crippen molar-refractivity contribution in [2.45, 2.75) is 101 Å². The number of methoxy groups -OCH3 is 2. The molecule has 0 bridgehead atoms. The van der Waals surface area contributed by atoms with Crippen LogP contribution in [0.5, 0.6) is 0 Å². The van der Waals surface area contributed by atoms with Crippen LogP contribution in [0.2, 0.25) is 0 Å². The highest BCUT2D eigenvalue weighted by Crippen LogP contribution is 1.83. The predicted molar refractivity (Wildman–Crippen MR) is 127 cm³/mol. The zero-order chi connectivity index (χ0) is 27.1. The standard InChI is InChI=1S/C5H10O.C4H7NO2.C4H8O2.C4H8O.C3H6O2.C3H8/c1-3-5(6)4-2;1-3(6)5-4(2)7;1-3-4(5)6-2;1-3-4(2)5;1-3(4)5-2;1-3-2/h3-4H2,1-2H3;1-2H3,(H,5,6,7);3H2,1-2H3;3H2,1-2H3;1-2H3;3H2,1-2H3. The van der Waals surface area contributed by atoms with Crippen LogP contribution < -0.4 is 5.32 Å².